The van der Waals surface area contributed by atoms with Crippen LogP contribution in [0.4, 0.5) is 0 Å². The van der Waals surface area contributed by atoms with E-state index in [0.29, 0.717) is 19.6 Å². The number of benzene rings is 4. The summed E-state index contributed by atoms with van der Waals surface area (Å²) >= 11 is 0. The highest BCUT2D eigenvalue weighted by Gasteiger charge is 2.05. The number of ketones is 1. The van der Waals surface area contributed by atoms with Gasteiger partial charge < -0.3 is 9.47 Å². The van der Waals surface area contributed by atoms with Gasteiger partial charge in [-0.05, 0) is 89.0 Å². The van der Waals surface area contributed by atoms with Gasteiger partial charge in [-0.1, -0.05) is 109 Å². The van der Waals surface area contributed by atoms with Crippen molar-refractivity contribution in [1.29, 1.82) is 0 Å². The lowest BCUT2D eigenvalue weighted by Gasteiger charge is -2.05. The van der Waals surface area contributed by atoms with Crippen molar-refractivity contribution in [2.45, 2.75) is 40.0 Å². The first-order valence-electron chi connectivity index (χ1n) is 15.6. The molecule has 5 nitrogen and oxygen atoms in total. The molecule has 0 saturated carbocycles. The van der Waals surface area contributed by atoms with Crippen LogP contribution in [0.5, 0.6) is 0 Å². The van der Waals surface area contributed by atoms with Gasteiger partial charge in [0.15, 0.2) is 0 Å². The van der Waals surface area contributed by atoms with Crippen LogP contribution in [0, 0.1) is 0 Å². The zero-order valence-corrected chi connectivity index (χ0v) is 26.7. The molecular formula is C41H40O5. The second kappa shape index (κ2) is 17.3. The van der Waals surface area contributed by atoms with E-state index in [4.69, 9.17) is 9.47 Å². The Morgan fingerprint density at radius 2 is 0.739 bits per heavy atom. The minimum atomic E-state index is -0.226. The molecular weight excluding hydrogens is 572 g/mol. The molecule has 0 heterocycles. The molecule has 4 rings (SSSR count). The van der Waals surface area contributed by atoms with Gasteiger partial charge in [0, 0.05) is 6.42 Å². The molecule has 0 spiro atoms. The highest BCUT2D eigenvalue weighted by molar-refractivity contribution is 5.80. The Hall–Kier alpha value is -5.29. The van der Waals surface area contributed by atoms with Crippen LogP contribution >= 0.6 is 0 Å². The monoisotopic (exact) mass is 612 g/mol. The molecule has 4 aromatic carbocycles. The van der Waals surface area contributed by atoms with E-state index in [1.807, 2.05) is 72.8 Å². The molecule has 234 valence electrons. The third kappa shape index (κ3) is 11.3. The van der Waals surface area contributed by atoms with Crippen molar-refractivity contribution in [1.82, 2.24) is 0 Å². The molecule has 0 atom stereocenters. The van der Waals surface area contributed by atoms with E-state index in [-0.39, 0.29) is 30.6 Å². The van der Waals surface area contributed by atoms with Gasteiger partial charge in [0.25, 0.3) is 0 Å². The van der Waals surface area contributed by atoms with Gasteiger partial charge >= 0.3 is 11.9 Å². The van der Waals surface area contributed by atoms with Crippen molar-refractivity contribution in [3.63, 3.8) is 0 Å². The zero-order valence-electron chi connectivity index (χ0n) is 26.7. The molecule has 0 radical (unpaired) electrons. The van der Waals surface area contributed by atoms with E-state index < -0.39 is 0 Å². The second-order valence-corrected chi connectivity index (χ2v) is 11.0. The fourth-order valence-electron chi connectivity index (χ4n) is 4.85. The van der Waals surface area contributed by atoms with Gasteiger partial charge in [-0.15, -0.1) is 0 Å². The Morgan fingerprint density at radius 1 is 0.457 bits per heavy atom. The molecule has 0 aliphatic heterocycles. The molecule has 0 fully saturated rings. The Balaban J connectivity index is 1.55. The molecule has 0 bridgehead atoms. The topological polar surface area (TPSA) is 69.7 Å². The number of carbonyl (C=O) groups excluding carboxylic acids is 3. The van der Waals surface area contributed by atoms with Crippen LogP contribution in [-0.4, -0.2) is 30.9 Å². The number of hydrogen-bond acceptors (Lipinski definition) is 5. The number of hydrogen-bond donors (Lipinski definition) is 0. The highest BCUT2D eigenvalue weighted by atomic mass is 16.5. The Labute approximate surface area is 271 Å². The highest BCUT2D eigenvalue weighted by Crippen LogP contribution is 2.20. The lowest BCUT2D eigenvalue weighted by atomic mass is 10.0. The van der Waals surface area contributed by atoms with Crippen LogP contribution < -0.4 is 0 Å². The number of ether oxygens (including phenoxy) is 2. The Morgan fingerprint density at radius 3 is 1.02 bits per heavy atom. The number of esters is 2. The fraction of sp³-hybridized carbons (Fsp3) is 0.195. The van der Waals surface area contributed by atoms with Crippen molar-refractivity contribution in [2.24, 2.45) is 0 Å². The SMILES string of the molecule is CCOC(=O)Cc1ccc(/C=C/c2cc(/C=C/c3ccc(CC(C)=O)cc3)cc(/C=C/c3ccc(CC(=O)OCC)cc3)c2)cc1. The molecule has 0 amide bonds. The van der Waals surface area contributed by atoms with Crippen LogP contribution in [-0.2, 0) is 43.1 Å². The summed E-state index contributed by atoms with van der Waals surface area (Å²) in [4.78, 5) is 35.1. The smallest absolute Gasteiger partial charge is 0.310 e. The summed E-state index contributed by atoms with van der Waals surface area (Å²) in [6.07, 6.45) is 13.4. The molecule has 0 aliphatic carbocycles. The minimum absolute atomic E-state index is 0.147. The maximum atomic E-state index is 11.8. The van der Waals surface area contributed by atoms with E-state index in [9.17, 15) is 14.4 Å². The van der Waals surface area contributed by atoms with Gasteiger partial charge in [0.2, 0.25) is 0 Å². The molecule has 0 saturated heterocycles. The molecule has 0 aromatic heterocycles. The van der Waals surface area contributed by atoms with Crippen LogP contribution in [0.25, 0.3) is 36.5 Å². The predicted molar refractivity (Wildman–Crippen MR) is 188 cm³/mol. The van der Waals surface area contributed by atoms with Crippen molar-refractivity contribution in [3.05, 3.63) is 141 Å². The molecule has 0 N–H and O–H groups in total. The first-order chi connectivity index (χ1) is 22.3. The summed E-state index contributed by atoms with van der Waals surface area (Å²) in [7, 11) is 0. The molecule has 46 heavy (non-hydrogen) atoms. The van der Waals surface area contributed by atoms with Crippen LogP contribution in [0.3, 0.4) is 0 Å². The quantitative estimate of drug-likeness (QED) is 0.105. The number of carbonyl (C=O) groups is 3. The molecule has 0 unspecified atom stereocenters. The standard InChI is InChI=1S/C41H40O5/c1-4-45-40(43)28-35-17-8-32(9-18-35)13-22-38-25-37(21-12-31-6-15-34(16-7-31)24-30(3)42)26-39(27-38)23-14-33-10-19-36(20-11-33)29-41(44)46-5-2/h6-23,25-27H,4-5,24,28-29H2,1-3H3/b21-12+,22-13+,23-14+. The van der Waals surface area contributed by atoms with Crippen molar-refractivity contribution in [2.75, 3.05) is 13.2 Å². The summed E-state index contributed by atoms with van der Waals surface area (Å²) in [5, 5.41) is 0. The van der Waals surface area contributed by atoms with Crippen molar-refractivity contribution < 1.29 is 23.9 Å². The normalized spacial score (nSPS) is 11.4. The van der Waals surface area contributed by atoms with Gasteiger partial charge in [-0.2, -0.15) is 0 Å². The van der Waals surface area contributed by atoms with Crippen molar-refractivity contribution >= 4 is 54.2 Å². The van der Waals surface area contributed by atoms with Gasteiger partial charge in [-0.3, -0.25) is 14.4 Å². The van der Waals surface area contributed by atoms with Crippen LogP contribution in [0.1, 0.15) is 70.8 Å². The first kappa shape index (κ1) is 33.6. The largest absolute Gasteiger partial charge is 0.466 e. The van der Waals surface area contributed by atoms with E-state index in [1.165, 1.54) is 0 Å². The van der Waals surface area contributed by atoms with E-state index in [1.54, 1.807) is 20.8 Å². The predicted octanol–water partition coefficient (Wildman–Crippen LogP) is 8.54. The lowest BCUT2D eigenvalue weighted by Crippen LogP contribution is -2.07. The minimum Gasteiger partial charge on any atom is -0.466 e. The molecule has 0 aliphatic rings. The zero-order chi connectivity index (χ0) is 32.7. The molecule has 4 aromatic rings. The van der Waals surface area contributed by atoms with Crippen LogP contribution in [0.15, 0.2) is 91.0 Å². The van der Waals surface area contributed by atoms with E-state index in [2.05, 4.69) is 54.7 Å². The van der Waals surface area contributed by atoms with Gasteiger partial charge in [-0.25, -0.2) is 0 Å². The van der Waals surface area contributed by atoms with Gasteiger partial charge in [0.1, 0.15) is 5.78 Å². The summed E-state index contributed by atoms with van der Waals surface area (Å²) in [6, 6.07) is 30.2. The summed E-state index contributed by atoms with van der Waals surface area (Å²) in [5.41, 5.74) is 9.07. The Bertz CT molecular complexity index is 1610. The maximum absolute atomic E-state index is 11.8. The van der Waals surface area contributed by atoms with Crippen molar-refractivity contribution in [3.8, 4) is 0 Å². The van der Waals surface area contributed by atoms with E-state index in [0.717, 1.165) is 50.1 Å². The third-order valence-corrected chi connectivity index (χ3v) is 7.10. The average molecular weight is 613 g/mol. The van der Waals surface area contributed by atoms with Crippen LogP contribution in [0.2, 0.25) is 0 Å². The third-order valence-electron chi connectivity index (χ3n) is 7.10. The average Bonchev–Trinajstić information content (AvgIpc) is 3.04. The van der Waals surface area contributed by atoms with E-state index >= 15 is 0 Å². The first-order valence-corrected chi connectivity index (χ1v) is 15.6. The number of rotatable bonds is 14. The molecule has 5 heteroatoms. The summed E-state index contributed by atoms with van der Waals surface area (Å²) < 4.78 is 10.1. The second-order valence-electron chi connectivity index (χ2n) is 11.0. The Kier molecular flexibility index (Phi) is 12.6. The number of Topliss-reactive ketones (excluding diaryl/α,β-unsaturated/α-hetero) is 1. The summed E-state index contributed by atoms with van der Waals surface area (Å²) in [6.45, 7) is 5.96. The van der Waals surface area contributed by atoms with Gasteiger partial charge in [0.05, 0.1) is 26.1 Å². The fourth-order valence-corrected chi connectivity index (χ4v) is 4.85. The summed E-state index contributed by atoms with van der Waals surface area (Å²) in [5.74, 6) is -0.305. The maximum Gasteiger partial charge on any atom is 0.310 e. The lowest BCUT2D eigenvalue weighted by molar-refractivity contribution is -0.143.